The third-order valence-corrected chi connectivity index (χ3v) is 1.76. The number of hydrogen-bond donors (Lipinski definition) is 3. The standard InChI is InChI=1S/C10H15N3O/c11-5-2-6-14-9-4-1-3-8(7-9)10(12)13/h1,3-4,7H,2,5-6,11H2,(H3,12,13). The topological polar surface area (TPSA) is 85.1 Å². The van der Waals surface area contributed by atoms with Crippen LogP contribution in [-0.2, 0) is 0 Å². The van der Waals surface area contributed by atoms with Gasteiger partial charge in [-0.2, -0.15) is 0 Å². The number of benzene rings is 1. The zero-order chi connectivity index (χ0) is 10.4. The maximum absolute atomic E-state index is 7.25. The highest BCUT2D eigenvalue weighted by molar-refractivity contribution is 5.95. The van der Waals surface area contributed by atoms with E-state index in [1.807, 2.05) is 12.1 Å². The van der Waals surface area contributed by atoms with Crippen molar-refractivity contribution in [3.05, 3.63) is 29.8 Å². The van der Waals surface area contributed by atoms with Gasteiger partial charge in [-0.05, 0) is 25.1 Å². The lowest BCUT2D eigenvalue weighted by molar-refractivity contribution is 0.313. The lowest BCUT2D eigenvalue weighted by Gasteiger charge is -2.06. The summed E-state index contributed by atoms with van der Waals surface area (Å²) >= 11 is 0. The van der Waals surface area contributed by atoms with Gasteiger partial charge in [0.15, 0.2) is 0 Å². The summed E-state index contributed by atoms with van der Waals surface area (Å²) in [5.74, 6) is 0.778. The zero-order valence-electron chi connectivity index (χ0n) is 7.99. The Kier molecular flexibility index (Phi) is 3.94. The largest absolute Gasteiger partial charge is 0.494 e. The third-order valence-electron chi connectivity index (χ3n) is 1.76. The van der Waals surface area contributed by atoms with E-state index in [2.05, 4.69) is 0 Å². The molecule has 5 N–H and O–H groups in total. The summed E-state index contributed by atoms with van der Waals surface area (Å²) in [7, 11) is 0. The highest BCUT2D eigenvalue weighted by Crippen LogP contribution is 2.12. The SMILES string of the molecule is N=C(N)c1cccc(OCCCN)c1. The molecule has 0 bridgehead atoms. The van der Waals surface area contributed by atoms with Gasteiger partial charge in [0.1, 0.15) is 11.6 Å². The van der Waals surface area contributed by atoms with Crippen molar-refractivity contribution in [3.63, 3.8) is 0 Å². The van der Waals surface area contributed by atoms with E-state index in [1.165, 1.54) is 0 Å². The lowest BCUT2D eigenvalue weighted by Crippen LogP contribution is -2.11. The molecule has 0 fully saturated rings. The second kappa shape index (κ2) is 5.24. The summed E-state index contributed by atoms with van der Waals surface area (Å²) in [5, 5.41) is 7.25. The smallest absolute Gasteiger partial charge is 0.122 e. The molecule has 0 radical (unpaired) electrons. The Morgan fingerprint density at radius 3 is 2.86 bits per heavy atom. The quantitative estimate of drug-likeness (QED) is 0.365. The summed E-state index contributed by atoms with van der Waals surface area (Å²) in [6.07, 6.45) is 0.824. The molecule has 1 aromatic rings. The number of ether oxygens (including phenoxy) is 1. The van der Waals surface area contributed by atoms with Crippen LogP contribution in [0, 0.1) is 5.41 Å². The first kappa shape index (κ1) is 10.5. The van der Waals surface area contributed by atoms with E-state index < -0.39 is 0 Å². The number of nitrogens with two attached hydrogens (primary N) is 2. The van der Waals surface area contributed by atoms with E-state index >= 15 is 0 Å². The number of nitrogens with one attached hydrogen (secondary N) is 1. The van der Waals surface area contributed by atoms with Gasteiger partial charge in [-0.25, -0.2) is 0 Å². The van der Waals surface area contributed by atoms with Crippen LogP contribution in [-0.4, -0.2) is 19.0 Å². The van der Waals surface area contributed by atoms with Gasteiger partial charge in [0.25, 0.3) is 0 Å². The highest BCUT2D eigenvalue weighted by Gasteiger charge is 1.98. The predicted octanol–water partition coefficient (Wildman–Crippen LogP) is 0.698. The summed E-state index contributed by atoms with van der Waals surface area (Å²) in [6, 6.07) is 7.18. The van der Waals surface area contributed by atoms with Crippen LogP contribution in [0.25, 0.3) is 0 Å². The third kappa shape index (κ3) is 3.06. The molecule has 1 aromatic carbocycles. The molecular weight excluding hydrogens is 178 g/mol. The molecule has 0 heterocycles. The summed E-state index contributed by atoms with van der Waals surface area (Å²) in [6.45, 7) is 1.21. The molecule has 0 aliphatic rings. The van der Waals surface area contributed by atoms with Crippen molar-refractivity contribution < 1.29 is 4.74 Å². The Bertz CT molecular complexity index is 312. The Morgan fingerprint density at radius 1 is 1.43 bits per heavy atom. The maximum Gasteiger partial charge on any atom is 0.122 e. The Morgan fingerprint density at radius 2 is 2.21 bits per heavy atom. The van der Waals surface area contributed by atoms with Crippen LogP contribution in [0.1, 0.15) is 12.0 Å². The first-order chi connectivity index (χ1) is 6.74. The van der Waals surface area contributed by atoms with E-state index in [1.54, 1.807) is 12.1 Å². The normalized spacial score (nSPS) is 9.79. The molecule has 4 heteroatoms. The van der Waals surface area contributed by atoms with Gasteiger partial charge in [0.05, 0.1) is 6.61 Å². The molecule has 0 spiro atoms. The van der Waals surface area contributed by atoms with Crippen molar-refractivity contribution >= 4 is 5.84 Å². The number of hydrogen-bond acceptors (Lipinski definition) is 3. The van der Waals surface area contributed by atoms with E-state index in [-0.39, 0.29) is 5.84 Å². The van der Waals surface area contributed by atoms with E-state index in [9.17, 15) is 0 Å². The first-order valence-corrected chi connectivity index (χ1v) is 4.51. The molecule has 76 valence electrons. The summed E-state index contributed by atoms with van der Waals surface area (Å²) in [5.41, 5.74) is 11.4. The molecule has 0 unspecified atom stereocenters. The molecule has 0 saturated heterocycles. The minimum absolute atomic E-state index is 0.0503. The van der Waals surface area contributed by atoms with Crippen molar-refractivity contribution in [2.75, 3.05) is 13.2 Å². The molecule has 0 amide bonds. The molecule has 1 rings (SSSR count). The van der Waals surface area contributed by atoms with Crippen LogP contribution in [0.3, 0.4) is 0 Å². The van der Waals surface area contributed by atoms with Crippen LogP contribution in [0.2, 0.25) is 0 Å². The fourth-order valence-electron chi connectivity index (χ4n) is 1.03. The number of amidine groups is 1. The van der Waals surface area contributed by atoms with Crippen LogP contribution in [0.4, 0.5) is 0 Å². The monoisotopic (exact) mass is 193 g/mol. The molecule has 4 nitrogen and oxygen atoms in total. The van der Waals surface area contributed by atoms with Gasteiger partial charge in [0, 0.05) is 5.56 Å². The number of nitrogen functional groups attached to an aromatic ring is 1. The average molecular weight is 193 g/mol. The van der Waals surface area contributed by atoms with E-state index in [0.717, 1.165) is 12.2 Å². The summed E-state index contributed by atoms with van der Waals surface area (Å²) in [4.78, 5) is 0. The molecule has 0 saturated carbocycles. The minimum atomic E-state index is 0.0503. The van der Waals surface area contributed by atoms with Crippen LogP contribution >= 0.6 is 0 Å². The van der Waals surface area contributed by atoms with Crippen LogP contribution < -0.4 is 16.2 Å². The number of rotatable bonds is 5. The van der Waals surface area contributed by atoms with Crippen molar-refractivity contribution in [1.29, 1.82) is 5.41 Å². The minimum Gasteiger partial charge on any atom is -0.494 e. The predicted molar refractivity (Wildman–Crippen MR) is 56.6 cm³/mol. The van der Waals surface area contributed by atoms with E-state index in [0.29, 0.717) is 18.7 Å². The van der Waals surface area contributed by atoms with Gasteiger partial charge < -0.3 is 16.2 Å². The van der Waals surface area contributed by atoms with Crippen molar-refractivity contribution in [1.82, 2.24) is 0 Å². The van der Waals surface area contributed by atoms with E-state index in [4.69, 9.17) is 21.6 Å². The fraction of sp³-hybridized carbons (Fsp3) is 0.300. The molecular formula is C10H15N3O. The summed E-state index contributed by atoms with van der Waals surface area (Å²) < 4.78 is 5.40. The lowest BCUT2D eigenvalue weighted by atomic mass is 10.2. The van der Waals surface area contributed by atoms with Crippen molar-refractivity contribution in [2.24, 2.45) is 11.5 Å². The van der Waals surface area contributed by atoms with Crippen LogP contribution in [0.5, 0.6) is 5.75 Å². The first-order valence-electron chi connectivity index (χ1n) is 4.51. The zero-order valence-corrected chi connectivity index (χ0v) is 7.99. The molecule has 0 atom stereocenters. The second-order valence-corrected chi connectivity index (χ2v) is 2.93. The van der Waals surface area contributed by atoms with Gasteiger partial charge in [-0.1, -0.05) is 12.1 Å². The molecule has 14 heavy (non-hydrogen) atoms. The molecule has 0 aromatic heterocycles. The van der Waals surface area contributed by atoms with Crippen molar-refractivity contribution in [3.8, 4) is 5.75 Å². The Labute approximate surface area is 83.4 Å². The van der Waals surface area contributed by atoms with Crippen LogP contribution in [0.15, 0.2) is 24.3 Å². The maximum atomic E-state index is 7.25. The fourth-order valence-corrected chi connectivity index (χ4v) is 1.03. The molecule has 0 aliphatic carbocycles. The van der Waals surface area contributed by atoms with Gasteiger partial charge >= 0.3 is 0 Å². The van der Waals surface area contributed by atoms with Crippen molar-refractivity contribution in [2.45, 2.75) is 6.42 Å². The molecule has 0 aliphatic heterocycles. The second-order valence-electron chi connectivity index (χ2n) is 2.93. The Hall–Kier alpha value is -1.55. The van der Waals surface area contributed by atoms with Gasteiger partial charge in [0.2, 0.25) is 0 Å². The van der Waals surface area contributed by atoms with Gasteiger partial charge in [-0.3, -0.25) is 5.41 Å². The average Bonchev–Trinajstić information content (AvgIpc) is 2.19. The Balaban J connectivity index is 2.59. The highest BCUT2D eigenvalue weighted by atomic mass is 16.5. The van der Waals surface area contributed by atoms with Gasteiger partial charge in [-0.15, -0.1) is 0 Å².